The van der Waals surface area contributed by atoms with Crippen LogP contribution >= 0.6 is 0 Å². The topological polar surface area (TPSA) is 56.1 Å². The van der Waals surface area contributed by atoms with E-state index >= 15 is 0 Å². The molecular weight excluding hydrogens is 202 g/mol. The number of nitriles is 1. The lowest BCUT2D eigenvalue weighted by molar-refractivity contribution is -0.124. The average Bonchev–Trinajstić information content (AvgIpc) is 2.08. The number of rotatable bonds is 5. The van der Waals surface area contributed by atoms with Gasteiger partial charge in [0.05, 0.1) is 12.6 Å². The molecule has 4 nitrogen and oxygen atoms in total. The van der Waals surface area contributed by atoms with Crippen LogP contribution in [0.3, 0.4) is 0 Å². The molecule has 1 amide bonds. The lowest BCUT2D eigenvalue weighted by Gasteiger charge is -2.27. The Labute approximate surface area is 98.6 Å². The number of carbonyl (C=O) groups excluding carboxylic acids is 1. The van der Waals surface area contributed by atoms with Crippen molar-refractivity contribution in [3.05, 3.63) is 0 Å². The maximum atomic E-state index is 11.7. The summed E-state index contributed by atoms with van der Waals surface area (Å²) in [4.78, 5) is 13.7. The van der Waals surface area contributed by atoms with Crippen LogP contribution < -0.4 is 5.32 Å². The van der Waals surface area contributed by atoms with Gasteiger partial charge in [0.25, 0.3) is 0 Å². The summed E-state index contributed by atoms with van der Waals surface area (Å²) in [5.74, 6) is 0.0131. The molecule has 0 bridgehead atoms. The number of amides is 1. The SMILES string of the molecule is CC(C)N(CCC#N)CC(=O)NC(C)(C)C. The Morgan fingerprint density at radius 2 is 2.00 bits per heavy atom. The minimum atomic E-state index is -0.199. The van der Waals surface area contributed by atoms with Gasteiger partial charge in [-0.3, -0.25) is 9.69 Å². The Hall–Kier alpha value is -1.08. The Morgan fingerprint density at radius 3 is 2.38 bits per heavy atom. The predicted molar refractivity (Wildman–Crippen MR) is 64.8 cm³/mol. The first-order chi connectivity index (χ1) is 7.26. The van der Waals surface area contributed by atoms with Crippen molar-refractivity contribution >= 4 is 5.91 Å². The molecule has 0 aromatic carbocycles. The van der Waals surface area contributed by atoms with Crippen LogP contribution in [-0.4, -0.2) is 35.5 Å². The standard InChI is InChI=1S/C12H23N3O/c1-10(2)15(8-6-7-13)9-11(16)14-12(3,4)5/h10H,6,8-9H2,1-5H3,(H,14,16). The molecule has 0 rings (SSSR count). The second-order valence-electron chi connectivity index (χ2n) is 5.27. The largest absolute Gasteiger partial charge is 0.350 e. The molecule has 92 valence electrons. The van der Waals surface area contributed by atoms with Gasteiger partial charge in [-0.15, -0.1) is 0 Å². The Balaban J connectivity index is 4.20. The fourth-order valence-electron chi connectivity index (χ4n) is 1.36. The van der Waals surface area contributed by atoms with Crippen LogP contribution in [0, 0.1) is 11.3 Å². The molecule has 0 aromatic heterocycles. The van der Waals surface area contributed by atoms with Gasteiger partial charge in [-0.25, -0.2) is 0 Å². The van der Waals surface area contributed by atoms with Gasteiger partial charge in [0, 0.05) is 24.5 Å². The van der Waals surface area contributed by atoms with E-state index in [1.807, 2.05) is 39.5 Å². The average molecular weight is 225 g/mol. The second kappa shape index (κ2) is 6.49. The first kappa shape index (κ1) is 14.9. The van der Waals surface area contributed by atoms with Gasteiger partial charge in [-0.05, 0) is 34.6 Å². The van der Waals surface area contributed by atoms with E-state index in [1.54, 1.807) is 0 Å². The van der Waals surface area contributed by atoms with Crippen molar-refractivity contribution in [3.63, 3.8) is 0 Å². The summed E-state index contributed by atoms with van der Waals surface area (Å²) in [7, 11) is 0. The van der Waals surface area contributed by atoms with E-state index in [-0.39, 0.29) is 17.5 Å². The number of hydrogen-bond donors (Lipinski definition) is 1. The molecule has 1 N–H and O–H groups in total. The molecule has 4 heteroatoms. The fraction of sp³-hybridized carbons (Fsp3) is 0.833. The third-order valence-corrected chi connectivity index (χ3v) is 2.10. The van der Waals surface area contributed by atoms with E-state index in [1.165, 1.54) is 0 Å². The lowest BCUT2D eigenvalue weighted by atomic mass is 10.1. The first-order valence-electron chi connectivity index (χ1n) is 5.68. The molecule has 0 unspecified atom stereocenters. The smallest absolute Gasteiger partial charge is 0.234 e. The van der Waals surface area contributed by atoms with E-state index in [0.29, 0.717) is 19.5 Å². The van der Waals surface area contributed by atoms with Crippen LogP contribution in [0.2, 0.25) is 0 Å². The molecule has 0 radical (unpaired) electrons. The normalized spacial score (nSPS) is 11.6. The van der Waals surface area contributed by atoms with Crippen molar-refractivity contribution in [2.45, 2.75) is 52.6 Å². The zero-order valence-electron chi connectivity index (χ0n) is 11.0. The van der Waals surface area contributed by atoms with Gasteiger partial charge in [-0.2, -0.15) is 5.26 Å². The monoisotopic (exact) mass is 225 g/mol. The van der Waals surface area contributed by atoms with Crippen molar-refractivity contribution in [2.24, 2.45) is 0 Å². The van der Waals surface area contributed by atoms with Gasteiger partial charge >= 0.3 is 0 Å². The van der Waals surface area contributed by atoms with Gasteiger partial charge in [0.2, 0.25) is 5.91 Å². The summed E-state index contributed by atoms with van der Waals surface area (Å²) in [6, 6.07) is 2.38. The van der Waals surface area contributed by atoms with Crippen molar-refractivity contribution < 1.29 is 4.79 Å². The molecule has 0 fully saturated rings. The van der Waals surface area contributed by atoms with Crippen molar-refractivity contribution in [1.82, 2.24) is 10.2 Å². The van der Waals surface area contributed by atoms with Gasteiger partial charge in [0.15, 0.2) is 0 Å². The predicted octanol–water partition coefficient (Wildman–Crippen LogP) is 1.53. The summed E-state index contributed by atoms with van der Waals surface area (Å²) in [5, 5.41) is 11.5. The highest BCUT2D eigenvalue weighted by Crippen LogP contribution is 2.02. The third-order valence-electron chi connectivity index (χ3n) is 2.10. The Kier molecular flexibility index (Phi) is 6.05. The Morgan fingerprint density at radius 1 is 1.44 bits per heavy atom. The molecule has 0 spiro atoms. The summed E-state index contributed by atoms with van der Waals surface area (Å²) in [5.41, 5.74) is -0.199. The van der Waals surface area contributed by atoms with E-state index in [9.17, 15) is 4.79 Å². The van der Waals surface area contributed by atoms with Crippen LogP contribution in [0.15, 0.2) is 0 Å². The maximum Gasteiger partial charge on any atom is 0.234 e. The van der Waals surface area contributed by atoms with Crippen molar-refractivity contribution in [1.29, 1.82) is 5.26 Å². The number of nitrogens with zero attached hydrogens (tertiary/aromatic N) is 2. The van der Waals surface area contributed by atoms with E-state index < -0.39 is 0 Å². The molecule has 0 aromatic rings. The van der Waals surface area contributed by atoms with Gasteiger partial charge in [-0.1, -0.05) is 0 Å². The van der Waals surface area contributed by atoms with Crippen LogP contribution in [0.5, 0.6) is 0 Å². The molecule has 0 aliphatic rings. The summed E-state index contributed by atoms with van der Waals surface area (Å²) in [6.07, 6.45) is 0.459. The molecule has 0 saturated heterocycles. The highest BCUT2D eigenvalue weighted by molar-refractivity contribution is 5.78. The van der Waals surface area contributed by atoms with E-state index in [2.05, 4.69) is 11.4 Å². The van der Waals surface area contributed by atoms with Crippen LogP contribution in [-0.2, 0) is 4.79 Å². The minimum Gasteiger partial charge on any atom is -0.350 e. The lowest BCUT2D eigenvalue weighted by Crippen LogP contribution is -2.47. The highest BCUT2D eigenvalue weighted by atomic mass is 16.2. The molecular formula is C12H23N3O. The zero-order chi connectivity index (χ0) is 12.8. The Bertz CT molecular complexity index is 260. The summed E-state index contributed by atoms with van der Waals surface area (Å²) in [6.45, 7) is 10.9. The van der Waals surface area contributed by atoms with Crippen LogP contribution in [0.25, 0.3) is 0 Å². The van der Waals surface area contributed by atoms with Gasteiger partial charge < -0.3 is 5.32 Å². The van der Waals surface area contributed by atoms with E-state index in [4.69, 9.17) is 5.26 Å². The van der Waals surface area contributed by atoms with E-state index in [0.717, 1.165) is 0 Å². The molecule has 0 aliphatic carbocycles. The minimum absolute atomic E-state index is 0.0131. The summed E-state index contributed by atoms with van der Waals surface area (Å²) >= 11 is 0. The number of hydrogen-bond acceptors (Lipinski definition) is 3. The molecule has 0 saturated carbocycles. The van der Waals surface area contributed by atoms with Crippen molar-refractivity contribution in [3.8, 4) is 6.07 Å². The summed E-state index contributed by atoms with van der Waals surface area (Å²) < 4.78 is 0. The highest BCUT2D eigenvalue weighted by Gasteiger charge is 2.18. The quantitative estimate of drug-likeness (QED) is 0.772. The maximum absolute atomic E-state index is 11.7. The zero-order valence-corrected chi connectivity index (χ0v) is 11.0. The molecule has 16 heavy (non-hydrogen) atoms. The van der Waals surface area contributed by atoms with Crippen LogP contribution in [0.4, 0.5) is 0 Å². The van der Waals surface area contributed by atoms with Crippen LogP contribution in [0.1, 0.15) is 41.0 Å². The molecule has 0 aliphatic heterocycles. The fourth-order valence-corrected chi connectivity index (χ4v) is 1.36. The first-order valence-corrected chi connectivity index (χ1v) is 5.68. The van der Waals surface area contributed by atoms with Crippen molar-refractivity contribution in [2.75, 3.05) is 13.1 Å². The molecule has 0 atom stereocenters. The number of carbonyl (C=O) groups is 1. The third kappa shape index (κ3) is 7.24. The second-order valence-corrected chi connectivity index (χ2v) is 5.27. The van der Waals surface area contributed by atoms with Gasteiger partial charge in [0.1, 0.15) is 0 Å². The number of nitrogens with one attached hydrogen (secondary N) is 1. The molecule has 0 heterocycles.